The van der Waals surface area contributed by atoms with Crippen molar-refractivity contribution in [2.24, 2.45) is 0 Å². The molecule has 0 aliphatic carbocycles. The zero-order chi connectivity index (χ0) is 49.8. The van der Waals surface area contributed by atoms with Crippen molar-refractivity contribution < 1.29 is 0 Å². The molecule has 0 unspecified atom stereocenters. The van der Waals surface area contributed by atoms with E-state index in [2.05, 4.69) is 258 Å². The molecule has 0 aliphatic rings. The molecule has 0 radical (unpaired) electrons. The van der Waals surface area contributed by atoms with Crippen LogP contribution in [0, 0.1) is 0 Å². The minimum atomic E-state index is 0.681. The van der Waals surface area contributed by atoms with E-state index >= 15 is 0 Å². The molecule has 0 saturated carbocycles. The van der Waals surface area contributed by atoms with Gasteiger partial charge < -0.3 is 9.13 Å². The van der Waals surface area contributed by atoms with Gasteiger partial charge in [0.25, 0.3) is 0 Å². The first-order valence-corrected chi connectivity index (χ1v) is 27.3. The molecule has 0 spiro atoms. The Labute approximate surface area is 445 Å². The molecule has 16 aromatic rings. The van der Waals surface area contributed by atoms with E-state index in [1.165, 1.54) is 84.1 Å². The molecule has 354 valence electrons. The number of rotatable bonds is 7. The molecule has 0 aliphatic heterocycles. The molecule has 4 nitrogen and oxygen atoms in total. The van der Waals surface area contributed by atoms with Crippen molar-refractivity contribution in [1.82, 2.24) is 19.1 Å². The van der Waals surface area contributed by atoms with Gasteiger partial charge in [0.05, 0.1) is 33.5 Å². The second-order valence-corrected chi connectivity index (χ2v) is 21.8. The molecule has 5 aromatic heterocycles. The van der Waals surface area contributed by atoms with Crippen LogP contribution < -0.4 is 0 Å². The summed E-state index contributed by atoms with van der Waals surface area (Å²) in [7, 11) is 0. The Bertz CT molecular complexity index is 4690. The Morgan fingerprint density at radius 3 is 1.21 bits per heavy atom. The van der Waals surface area contributed by atoms with E-state index in [1.807, 2.05) is 28.7 Å². The third-order valence-corrected chi connectivity index (χ3v) is 17.8. The molecule has 0 fully saturated rings. The van der Waals surface area contributed by atoms with Gasteiger partial charge in [0.1, 0.15) is 0 Å². The lowest BCUT2D eigenvalue weighted by molar-refractivity contribution is 1.13. The van der Waals surface area contributed by atoms with Gasteiger partial charge in [-0.2, -0.15) is 0 Å². The lowest BCUT2D eigenvalue weighted by atomic mass is 10.0. The van der Waals surface area contributed by atoms with Gasteiger partial charge in [-0.05, 0) is 95.1 Å². The normalized spacial score (nSPS) is 11.9. The first-order valence-electron chi connectivity index (χ1n) is 25.7. The number of hydrogen-bond acceptors (Lipinski definition) is 4. The van der Waals surface area contributed by atoms with Gasteiger partial charge >= 0.3 is 0 Å². The molecule has 11 aromatic carbocycles. The largest absolute Gasteiger partial charge is 0.309 e. The molecule has 0 bridgehead atoms. The van der Waals surface area contributed by atoms with E-state index in [1.54, 1.807) is 0 Å². The van der Waals surface area contributed by atoms with Crippen molar-refractivity contribution in [3.63, 3.8) is 0 Å². The molecule has 0 amide bonds. The summed E-state index contributed by atoms with van der Waals surface area (Å²) in [6.07, 6.45) is 0. The van der Waals surface area contributed by atoms with Gasteiger partial charge in [-0.25, -0.2) is 9.97 Å². The second kappa shape index (κ2) is 17.0. The summed E-state index contributed by atoms with van der Waals surface area (Å²) in [5, 5.41) is 10.0. The highest BCUT2D eigenvalue weighted by atomic mass is 32.1. The summed E-state index contributed by atoms with van der Waals surface area (Å²) in [5.41, 5.74) is 16.2. The second-order valence-electron chi connectivity index (χ2n) is 19.7. The number of fused-ring (bicyclic) bond motifs is 12. The van der Waals surface area contributed by atoms with Crippen LogP contribution in [0.2, 0.25) is 0 Å². The molecular formula is C70H42N4S2. The molecule has 0 saturated heterocycles. The zero-order valence-corrected chi connectivity index (χ0v) is 42.5. The maximum Gasteiger partial charge on any atom is 0.160 e. The molecule has 0 atom stereocenters. The highest BCUT2D eigenvalue weighted by Gasteiger charge is 2.21. The SMILES string of the molecule is c1ccc(-c2cc(-c3cc(-n4c5ccccc5c5cc(-c6cccc7c6sc6ccccc67)ccc54)cc(-n4c5ccccc5c5cc(-c6cccc7c6sc6ccccc67)ccc54)c3)nc(-c3ccccc3)n2)cc1. The fraction of sp³-hybridized carbons (Fsp3) is 0. The standard InChI is InChI=1S/C70H42N4S2/c1-3-17-43(18-4-1)60-42-61(72-70(71-60)44-19-5-2-6-20-44)47-37-48(73-62-29-11-7-21-52(62)58-39-45(33-35-64(58)73)50-25-15-27-56-54-23-9-13-31-66(54)75-68(50)56)41-49(38-47)74-63-30-12-8-22-53(63)59-40-46(34-36-65(59)74)51-26-16-28-57-55-24-10-14-32-67(55)76-69(51)57/h1-42H. The summed E-state index contributed by atoms with van der Waals surface area (Å²) in [4.78, 5) is 10.7. The van der Waals surface area contributed by atoms with Gasteiger partial charge in [0.2, 0.25) is 0 Å². The van der Waals surface area contributed by atoms with E-state index in [9.17, 15) is 0 Å². The lowest BCUT2D eigenvalue weighted by Gasteiger charge is -2.17. The highest BCUT2D eigenvalue weighted by molar-refractivity contribution is 7.26. The third-order valence-electron chi connectivity index (χ3n) is 15.3. The Balaban J connectivity index is 0.948. The summed E-state index contributed by atoms with van der Waals surface area (Å²) in [6, 6.07) is 92.8. The first-order chi connectivity index (χ1) is 37.7. The van der Waals surface area contributed by atoms with Crippen molar-refractivity contribution >= 4 is 107 Å². The number of para-hydroxylation sites is 2. The van der Waals surface area contributed by atoms with Gasteiger partial charge in [0, 0.05) is 90.0 Å². The first kappa shape index (κ1) is 43.0. The van der Waals surface area contributed by atoms with Crippen LogP contribution in [0.1, 0.15) is 0 Å². The van der Waals surface area contributed by atoms with Crippen molar-refractivity contribution in [3.05, 3.63) is 255 Å². The van der Waals surface area contributed by atoms with Crippen LogP contribution in [0.25, 0.3) is 151 Å². The van der Waals surface area contributed by atoms with Crippen molar-refractivity contribution in [2.75, 3.05) is 0 Å². The predicted molar refractivity (Wildman–Crippen MR) is 324 cm³/mol. The van der Waals surface area contributed by atoms with E-state index in [0.717, 1.165) is 61.5 Å². The van der Waals surface area contributed by atoms with E-state index < -0.39 is 0 Å². The monoisotopic (exact) mass is 1000 g/mol. The van der Waals surface area contributed by atoms with Crippen molar-refractivity contribution in [3.8, 4) is 67.5 Å². The van der Waals surface area contributed by atoms with E-state index in [-0.39, 0.29) is 0 Å². The fourth-order valence-electron chi connectivity index (χ4n) is 11.9. The Hall–Kier alpha value is -9.46. The maximum atomic E-state index is 5.44. The quantitative estimate of drug-likeness (QED) is 0.159. The molecule has 76 heavy (non-hydrogen) atoms. The number of hydrogen-bond donors (Lipinski definition) is 0. The maximum absolute atomic E-state index is 5.44. The van der Waals surface area contributed by atoms with Gasteiger partial charge in [-0.3, -0.25) is 0 Å². The Kier molecular flexibility index (Phi) is 9.64. The molecule has 5 heterocycles. The number of nitrogens with zero attached hydrogens (tertiary/aromatic N) is 4. The third kappa shape index (κ3) is 6.75. The van der Waals surface area contributed by atoms with E-state index in [0.29, 0.717) is 5.82 Å². The van der Waals surface area contributed by atoms with Crippen LogP contribution >= 0.6 is 22.7 Å². The summed E-state index contributed by atoms with van der Waals surface area (Å²) in [6.45, 7) is 0. The summed E-state index contributed by atoms with van der Waals surface area (Å²) >= 11 is 3.75. The topological polar surface area (TPSA) is 35.6 Å². The van der Waals surface area contributed by atoms with Gasteiger partial charge in [0.15, 0.2) is 5.82 Å². The average molecular weight is 1000 g/mol. The predicted octanol–water partition coefficient (Wildman–Crippen LogP) is 19.7. The van der Waals surface area contributed by atoms with Gasteiger partial charge in [-0.1, -0.05) is 182 Å². The van der Waals surface area contributed by atoms with Crippen LogP contribution in [-0.4, -0.2) is 19.1 Å². The smallest absolute Gasteiger partial charge is 0.160 e. The van der Waals surface area contributed by atoms with Crippen LogP contribution in [-0.2, 0) is 0 Å². The fourth-order valence-corrected chi connectivity index (χ4v) is 14.3. The number of aromatic nitrogens is 4. The Morgan fingerprint density at radius 2 is 0.684 bits per heavy atom. The van der Waals surface area contributed by atoms with Crippen LogP contribution in [0.4, 0.5) is 0 Å². The molecule has 0 N–H and O–H groups in total. The number of benzene rings is 11. The summed E-state index contributed by atoms with van der Waals surface area (Å²) in [5.74, 6) is 0.681. The molecule has 6 heteroatoms. The summed E-state index contributed by atoms with van der Waals surface area (Å²) < 4.78 is 10.2. The Morgan fingerprint density at radius 1 is 0.263 bits per heavy atom. The molecular weight excluding hydrogens is 961 g/mol. The number of thiophene rings is 2. The minimum absolute atomic E-state index is 0.681. The van der Waals surface area contributed by atoms with E-state index in [4.69, 9.17) is 9.97 Å². The van der Waals surface area contributed by atoms with Crippen molar-refractivity contribution in [1.29, 1.82) is 0 Å². The molecule has 16 rings (SSSR count). The highest BCUT2D eigenvalue weighted by Crippen LogP contribution is 2.45. The minimum Gasteiger partial charge on any atom is -0.309 e. The lowest BCUT2D eigenvalue weighted by Crippen LogP contribution is -2.01. The van der Waals surface area contributed by atoms with Crippen LogP contribution in [0.3, 0.4) is 0 Å². The van der Waals surface area contributed by atoms with Crippen molar-refractivity contribution in [2.45, 2.75) is 0 Å². The zero-order valence-electron chi connectivity index (χ0n) is 40.9. The van der Waals surface area contributed by atoms with Crippen LogP contribution in [0.5, 0.6) is 0 Å². The van der Waals surface area contributed by atoms with Crippen LogP contribution in [0.15, 0.2) is 255 Å². The van der Waals surface area contributed by atoms with Gasteiger partial charge in [-0.15, -0.1) is 22.7 Å². The average Bonchev–Trinajstić information content (AvgIpc) is 4.30.